The summed E-state index contributed by atoms with van der Waals surface area (Å²) in [7, 11) is 3.07. The number of carbonyl (C=O) groups is 1. The fourth-order valence-corrected chi connectivity index (χ4v) is 4.74. The van der Waals surface area contributed by atoms with Crippen LogP contribution in [0.4, 0.5) is 18.9 Å². The zero-order valence-electron chi connectivity index (χ0n) is 17.8. The summed E-state index contributed by atoms with van der Waals surface area (Å²) in [5.41, 5.74) is 3.28. The van der Waals surface area contributed by atoms with Gasteiger partial charge >= 0.3 is 12.1 Å². The number of allylic oxidation sites excluding steroid dienone is 1. The van der Waals surface area contributed by atoms with Crippen molar-refractivity contribution in [3.8, 4) is 11.5 Å². The van der Waals surface area contributed by atoms with Crippen molar-refractivity contribution in [3.05, 3.63) is 64.9 Å². The maximum absolute atomic E-state index is 13.4. The summed E-state index contributed by atoms with van der Waals surface area (Å²) in [4.78, 5) is 13.5. The normalized spacial score (nSPS) is 20.8. The lowest BCUT2D eigenvalue weighted by molar-refractivity contribution is -0.176. The summed E-state index contributed by atoms with van der Waals surface area (Å²) in [6, 6.07) is 11.7. The summed E-state index contributed by atoms with van der Waals surface area (Å²) in [5, 5.41) is 9.43. The van der Waals surface area contributed by atoms with Crippen LogP contribution in [-0.4, -0.2) is 31.5 Å². The number of hydrogen-bond donors (Lipinski definition) is 1. The number of methoxy groups -OCH3 is 2. The summed E-state index contributed by atoms with van der Waals surface area (Å²) in [5.74, 6) is -1.31. The summed E-state index contributed by atoms with van der Waals surface area (Å²) in [6.07, 6.45) is -3.50. The number of ether oxygens (including phenoxy) is 2. The Morgan fingerprint density at radius 2 is 1.81 bits per heavy atom. The van der Waals surface area contributed by atoms with Gasteiger partial charge in [0.1, 0.15) is 0 Å². The van der Waals surface area contributed by atoms with Crippen LogP contribution in [0, 0.1) is 5.92 Å². The summed E-state index contributed by atoms with van der Waals surface area (Å²) >= 11 is 0. The van der Waals surface area contributed by atoms with Crippen LogP contribution in [0.3, 0.4) is 0 Å². The van der Waals surface area contributed by atoms with Crippen molar-refractivity contribution in [2.24, 2.45) is 5.92 Å². The quantitative estimate of drug-likeness (QED) is 0.612. The van der Waals surface area contributed by atoms with E-state index >= 15 is 0 Å². The molecule has 2 atom stereocenters. The third kappa shape index (κ3) is 4.01. The van der Waals surface area contributed by atoms with Crippen molar-refractivity contribution in [2.75, 3.05) is 19.1 Å². The lowest BCUT2D eigenvalue weighted by Crippen LogP contribution is -2.28. The molecule has 4 rings (SSSR count). The van der Waals surface area contributed by atoms with Crippen LogP contribution in [0.5, 0.6) is 11.5 Å². The lowest BCUT2D eigenvalue weighted by atomic mass is 9.85. The van der Waals surface area contributed by atoms with Gasteiger partial charge in [-0.05, 0) is 67.2 Å². The van der Waals surface area contributed by atoms with Gasteiger partial charge in [0.05, 0.1) is 31.7 Å². The highest BCUT2D eigenvalue weighted by Crippen LogP contribution is 2.52. The van der Waals surface area contributed by atoms with Gasteiger partial charge in [0.2, 0.25) is 0 Å². The standard InChI is InChI=1S/C24H24F3NO4/c1-31-21-9-6-14(13-22(21)32-2)20-12-16-10-17(24(25,26)27)7-8-19(16)28(20)18-5-3-4-15(11-18)23(29)30/h3-6,9,11,13,17,20H,7-8,10,12H2,1-2H3,(H,29,30). The van der Waals surface area contributed by atoms with Gasteiger partial charge < -0.3 is 19.5 Å². The van der Waals surface area contributed by atoms with E-state index in [2.05, 4.69) is 0 Å². The Morgan fingerprint density at radius 1 is 1.06 bits per heavy atom. The van der Waals surface area contributed by atoms with Crippen LogP contribution in [-0.2, 0) is 0 Å². The fourth-order valence-electron chi connectivity index (χ4n) is 4.74. The minimum Gasteiger partial charge on any atom is -0.493 e. The summed E-state index contributed by atoms with van der Waals surface area (Å²) in [6.45, 7) is 0. The molecule has 0 fully saturated rings. The molecule has 1 N–H and O–H groups in total. The maximum Gasteiger partial charge on any atom is 0.392 e. The van der Waals surface area contributed by atoms with Gasteiger partial charge in [0.15, 0.2) is 11.5 Å². The number of hydrogen-bond acceptors (Lipinski definition) is 4. The molecule has 1 heterocycles. The van der Waals surface area contributed by atoms with E-state index in [9.17, 15) is 23.1 Å². The molecule has 0 saturated heterocycles. The third-order valence-corrected chi connectivity index (χ3v) is 6.30. The van der Waals surface area contributed by atoms with Gasteiger partial charge in [-0.15, -0.1) is 0 Å². The number of carboxylic acids is 1. The first kappa shape index (κ1) is 22.0. The maximum atomic E-state index is 13.4. The van der Waals surface area contributed by atoms with E-state index in [-0.39, 0.29) is 24.4 Å². The third-order valence-electron chi connectivity index (χ3n) is 6.30. The van der Waals surface area contributed by atoms with Crippen molar-refractivity contribution in [2.45, 2.75) is 37.9 Å². The lowest BCUT2D eigenvalue weighted by Gasteiger charge is -2.33. The van der Waals surface area contributed by atoms with E-state index in [0.29, 0.717) is 30.0 Å². The van der Waals surface area contributed by atoms with Gasteiger partial charge in [-0.3, -0.25) is 0 Å². The smallest absolute Gasteiger partial charge is 0.392 e. The minimum atomic E-state index is -4.23. The molecule has 0 amide bonds. The Hall–Kier alpha value is -3.16. The van der Waals surface area contributed by atoms with Crippen LogP contribution in [0.15, 0.2) is 53.7 Å². The SMILES string of the molecule is COc1ccc(C2CC3=C(CCC(C(F)(F)F)C3)N2c2cccc(C(=O)O)c2)cc1OC. The zero-order chi connectivity index (χ0) is 23.0. The topological polar surface area (TPSA) is 59.0 Å². The second-order valence-electron chi connectivity index (χ2n) is 8.09. The fraction of sp³-hybridized carbons (Fsp3) is 0.375. The molecule has 2 unspecified atom stereocenters. The number of halogens is 3. The molecule has 0 spiro atoms. The molecule has 2 aromatic rings. The average molecular weight is 447 g/mol. The van der Waals surface area contributed by atoms with E-state index in [1.165, 1.54) is 20.3 Å². The van der Waals surface area contributed by atoms with Gasteiger partial charge in [-0.25, -0.2) is 4.79 Å². The van der Waals surface area contributed by atoms with Gasteiger partial charge in [0.25, 0.3) is 0 Å². The first-order valence-corrected chi connectivity index (χ1v) is 10.3. The van der Waals surface area contributed by atoms with Crippen LogP contribution >= 0.6 is 0 Å². The Morgan fingerprint density at radius 3 is 2.47 bits per heavy atom. The Labute approximate surface area is 184 Å². The minimum absolute atomic E-state index is 0.0239. The molecule has 1 aliphatic heterocycles. The predicted molar refractivity (Wildman–Crippen MR) is 113 cm³/mol. The molecular formula is C24H24F3NO4. The molecule has 0 radical (unpaired) electrons. The zero-order valence-corrected chi connectivity index (χ0v) is 17.8. The number of rotatable bonds is 5. The van der Waals surface area contributed by atoms with E-state index in [1.807, 2.05) is 17.0 Å². The van der Waals surface area contributed by atoms with Crippen molar-refractivity contribution in [3.63, 3.8) is 0 Å². The van der Waals surface area contributed by atoms with Gasteiger partial charge in [-0.2, -0.15) is 13.2 Å². The second-order valence-corrected chi connectivity index (χ2v) is 8.09. The average Bonchev–Trinajstić information content (AvgIpc) is 3.16. The Balaban J connectivity index is 1.78. The van der Waals surface area contributed by atoms with Crippen molar-refractivity contribution in [1.29, 1.82) is 0 Å². The molecule has 1 aliphatic carbocycles. The van der Waals surface area contributed by atoms with Crippen molar-refractivity contribution in [1.82, 2.24) is 0 Å². The number of aromatic carboxylic acids is 1. The number of nitrogens with zero attached hydrogens (tertiary/aromatic N) is 1. The molecule has 5 nitrogen and oxygen atoms in total. The highest BCUT2D eigenvalue weighted by molar-refractivity contribution is 5.89. The predicted octanol–water partition coefficient (Wildman–Crippen LogP) is 5.97. The van der Waals surface area contributed by atoms with Crippen LogP contribution < -0.4 is 14.4 Å². The van der Waals surface area contributed by atoms with E-state index < -0.39 is 18.1 Å². The summed E-state index contributed by atoms with van der Waals surface area (Å²) < 4.78 is 51.0. The molecule has 170 valence electrons. The highest BCUT2D eigenvalue weighted by Gasteiger charge is 2.45. The second kappa shape index (κ2) is 8.41. The highest BCUT2D eigenvalue weighted by atomic mass is 19.4. The Kier molecular flexibility index (Phi) is 5.79. The van der Waals surface area contributed by atoms with E-state index in [4.69, 9.17) is 9.47 Å². The number of anilines is 1. The molecular weight excluding hydrogens is 423 g/mol. The molecule has 0 bridgehead atoms. The number of alkyl halides is 3. The van der Waals surface area contributed by atoms with Crippen LogP contribution in [0.25, 0.3) is 0 Å². The number of carboxylic acid groups (broad SMARTS) is 1. The van der Waals surface area contributed by atoms with Crippen LogP contribution in [0.1, 0.15) is 47.6 Å². The molecule has 2 aliphatic rings. The van der Waals surface area contributed by atoms with Crippen LogP contribution in [0.2, 0.25) is 0 Å². The van der Waals surface area contributed by atoms with E-state index in [0.717, 1.165) is 16.8 Å². The number of benzene rings is 2. The molecule has 32 heavy (non-hydrogen) atoms. The monoisotopic (exact) mass is 447 g/mol. The van der Waals surface area contributed by atoms with Crippen molar-refractivity contribution < 1.29 is 32.5 Å². The first-order valence-electron chi connectivity index (χ1n) is 10.3. The Bertz CT molecular complexity index is 1060. The van der Waals surface area contributed by atoms with Crippen molar-refractivity contribution >= 4 is 11.7 Å². The molecule has 0 aromatic heterocycles. The van der Waals surface area contributed by atoms with Gasteiger partial charge in [0, 0.05) is 11.4 Å². The molecule has 8 heteroatoms. The van der Waals surface area contributed by atoms with E-state index in [1.54, 1.807) is 24.3 Å². The molecule has 0 saturated carbocycles. The van der Waals surface area contributed by atoms with Gasteiger partial charge in [-0.1, -0.05) is 12.1 Å². The first-order chi connectivity index (χ1) is 15.2. The molecule has 2 aromatic carbocycles. The largest absolute Gasteiger partial charge is 0.493 e.